The molecule has 0 unspecified atom stereocenters. The zero-order chi connectivity index (χ0) is 11.8. The van der Waals surface area contributed by atoms with Gasteiger partial charge in [-0.05, 0) is 24.3 Å². The van der Waals surface area contributed by atoms with E-state index in [-0.39, 0.29) is 11.5 Å². The van der Waals surface area contributed by atoms with Crippen LogP contribution in [0.15, 0.2) is 24.3 Å². The van der Waals surface area contributed by atoms with Gasteiger partial charge in [-0.2, -0.15) is 5.26 Å². The summed E-state index contributed by atoms with van der Waals surface area (Å²) >= 11 is 0. The Bertz CT molecular complexity index is 388. The molecule has 6 heteroatoms. The molecule has 0 aromatic heterocycles. The van der Waals surface area contributed by atoms with E-state index in [2.05, 4.69) is 11.5 Å². The molecule has 0 bridgehead atoms. The van der Waals surface area contributed by atoms with E-state index in [1.807, 2.05) is 6.07 Å². The second-order valence-corrected chi connectivity index (χ2v) is 2.45. The molecule has 0 atom stereocenters. The van der Waals surface area contributed by atoms with Gasteiger partial charge in [0.25, 0.3) is 0 Å². The monoisotopic (exact) mass is 206 g/mol. The molecule has 0 aliphatic carbocycles. The molecule has 0 aliphatic heterocycles. The number of benzene rings is 1. The molecule has 6 N–H and O–H groups in total. The minimum Gasteiger partial charge on any atom is -0.478 e. The summed E-state index contributed by atoms with van der Waals surface area (Å²) in [7, 11) is 0. The normalized spacial score (nSPS) is 7.93. The van der Waals surface area contributed by atoms with Crippen LogP contribution < -0.4 is 11.5 Å². The fourth-order valence-electron chi connectivity index (χ4n) is 0.687. The molecule has 0 aliphatic rings. The Morgan fingerprint density at radius 2 is 1.73 bits per heavy atom. The van der Waals surface area contributed by atoms with Crippen LogP contribution in [-0.4, -0.2) is 17.0 Å². The minimum absolute atomic E-state index is 0.198. The van der Waals surface area contributed by atoms with Gasteiger partial charge < -0.3 is 16.6 Å². The number of hydrogen-bond acceptors (Lipinski definition) is 3. The average Bonchev–Trinajstić information content (AvgIpc) is 2.17. The van der Waals surface area contributed by atoms with E-state index in [0.29, 0.717) is 5.56 Å². The van der Waals surface area contributed by atoms with Crippen LogP contribution in [0.25, 0.3) is 0 Å². The van der Waals surface area contributed by atoms with Crippen LogP contribution in [0.1, 0.15) is 15.9 Å². The number of aromatic carboxylic acids is 1. The molecule has 78 valence electrons. The van der Waals surface area contributed by atoms with Crippen LogP contribution in [0.2, 0.25) is 0 Å². The number of rotatable bonds is 1. The van der Waals surface area contributed by atoms with E-state index in [1.54, 1.807) is 0 Å². The number of carboxylic acids is 1. The van der Waals surface area contributed by atoms with Crippen molar-refractivity contribution in [3.63, 3.8) is 0 Å². The standard InChI is InChI=1S/C8H5NO2.CH5N3/c9-5-6-1-3-7(4-2-6)8(10)11;2-1(3)4/h1-4H,(H,10,11);(H5,2,3,4). The first-order valence-electron chi connectivity index (χ1n) is 3.80. The quantitative estimate of drug-likeness (QED) is 0.381. The van der Waals surface area contributed by atoms with Gasteiger partial charge in [-0.3, -0.25) is 5.41 Å². The molecule has 6 nitrogen and oxygen atoms in total. The number of nitrogens with two attached hydrogens (primary N) is 2. The number of carboxylic acid groups (broad SMARTS) is 1. The van der Waals surface area contributed by atoms with Crippen molar-refractivity contribution in [2.24, 2.45) is 11.5 Å². The molecule has 1 aromatic carbocycles. The summed E-state index contributed by atoms with van der Waals surface area (Å²) in [4.78, 5) is 10.3. The Kier molecular flexibility index (Phi) is 4.97. The van der Waals surface area contributed by atoms with Crippen LogP contribution >= 0.6 is 0 Å². The van der Waals surface area contributed by atoms with Gasteiger partial charge in [0.15, 0.2) is 5.96 Å². The van der Waals surface area contributed by atoms with Gasteiger partial charge in [0.05, 0.1) is 17.2 Å². The van der Waals surface area contributed by atoms with Crippen LogP contribution in [0.5, 0.6) is 0 Å². The third kappa shape index (κ3) is 5.65. The van der Waals surface area contributed by atoms with Gasteiger partial charge in [-0.1, -0.05) is 0 Å². The number of carbonyl (C=O) groups is 1. The lowest BCUT2D eigenvalue weighted by atomic mass is 10.1. The number of nitrogens with zero attached hydrogens (tertiary/aromatic N) is 1. The Labute approximate surface area is 86.2 Å². The summed E-state index contributed by atoms with van der Waals surface area (Å²) < 4.78 is 0. The third-order valence-corrected chi connectivity index (χ3v) is 1.26. The van der Waals surface area contributed by atoms with E-state index < -0.39 is 5.97 Å². The van der Waals surface area contributed by atoms with Crippen molar-refractivity contribution in [1.82, 2.24) is 0 Å². The van der Waals surface area contributed by atoms with Gasteiger partial charge in [0.2, 0.25) is 0 Å². The fraction of sp³-hybridized carbons (Fsp3) is 0. The summed E-state index contributed by atoms with van der Waals surface area (Å²) in [5.74, 6) is -1.31. The highest BCUT2D eigenvalue weighted by Gasteiger charge is 1.99. The predicted octanol–water partition coefficient (Wildman–Crippen LogP) is 0.0951. The van der Waals surface area contributed by atoms with Crippen molar-refractivity contribution in [3.05, 3.63) is 35.4 Å². The van der Waals surface area contributed by atoms with E-state index in [4.69, 9.17) is 15.8 Å². The lowest BCUT2D eigenvalue weighted by Gasteiger charge is -1.91. The maximum atomic E-state index is 10.3. The van der Waals surface area contributed by atoms with Gasteiger partial charge in [-0.15, -0.1) is 0 Å². The van der Waals surface area contributed by atoms with Gasteiger partial charge in [0, 0.05) is 0 Å². The molecule has 0 amide bonds. The summed E-state index contributed by atoms with van der Waals surface area (Å²) in [6.45, 7) is 0. The number of nitriles is 1. The lowest BCUT2D eigenvalue weighted by molar-refractivity contribution is 0.0697. The molecule has 0 fully saturated rings. The van der Waals surface area contributed by atoms with E-state index in [1.165, 1.54) is 24.3 Å². The zero-order valence-corrected chi connectivity index (χ0v) is 7.77. The van der Waals surface area contributed by atoms with Crippen molar-refractivity contribution >= 4 is 11.9 Å². The fourth-order valence-corrected chi connectivity index (χ4v) is 0.687. The first kappa shape index (κ1) is 12.4. The van der Waals surface area contributed by atoms with Crippen molar-refractivity contribution in [3.8, 4) is 6.07 Å². The first-order valence-corrected chi connectivity index (χ1v) is 3.80. The van der Waals surface area contributed by atoms with Gasteiger partial charge in [-0.25, -0.2) is 4.79 Å². The third-order valence-electron chi connectivity index (χ3n) is 1.26. The van der Waals surface area contributed by atoms with Crippen molar-refractivity contribution in [2.75, 3.05) is 0 Å². The largest absolute Gasteiger partial charge is 0.478 e. The van der Waals surface area contributed by atoms with Crippen molar-refractivity contribution < 1.29 is 9.90 Å². The molecule has 1 aromatic rings. The predicted molar refractivity (Wildman–Crippen MR) is 54.2 cm³/mol. The summed E-state index contributed by atoms with van der Waals surface area (Å²) in [5, 5.41) is 22.9. The molecular weight excluding hydrogens is 196 g/mol. The van der Waals surface area contributed by atoms with Gasteiger partial charge in [0.1, 0.15) is 0 Å². The molecular formula is C9H10N4O2. The highest BCUT2D eigenvalue weighted by molar-refractivity contribution is 5.87. The minimum atomic E-state index is -0.977. The number of guanidine groups is 1. The molecule has 0 saturated carbocycles. The average molecular weight is 206 g/mol. The summed E-state index contributed by atoms with van der Waals surface area (Å²) in [5.41, 5.74) is 9.61. The molecule has 1 rings (SSSR count). The maximum absolute atomic E-state index is 10.3. The lowest BCUT2D eigenvalue weighted by Crippen LogP contribution is -2.20. The Balaban J connectivity index is 0.000000423. The van der Waals surface area contributed by atoms with Crippen LogP contribution in [0, 0.1) is 16.7 Å². The molecule has 0 heterocycles. The van der Waals surface area contributed by atoms with Crippen molar-refractivity contribution in [1.29, 1.82) is 10.7 Å². The van der Waals surface area contributed by atoms with E-state index in [9.17, 15) is 4.79 Å². The molecule has 0 spiro atoms. The highest BCUT2D eigenvalue weighted by Crippen LogP contribution is 2.02. The number of hydrogen-bond donors (Lipinski definition) is 4. The van der Waals surface area contributed by atoms with Crippen LogP contribution in [-0.2, 0) is 0 Å². The second-order valence-electron chi connectivity index (χ2n) is 2.45. The highest BCUT2D eigenvalue weighted by atomic mass is 16.4. The smallest absolute Gasteiger partial charge is 0.335 e. The Morgan fingerprint density at radius 1 is 1.33 bits per heavy atom. The first-order chi connectivity index (χ1) is 6.97. The number of nitrogens with one attached hydrogen (secondary N) is 1. The van der Waals surface area contributed by atoms with E-state index >= 15 is 0 Å². The Hall–Kier alpha value is -2.55. The van der Waals surface area contributed by atoms with Crippen LogP contribution in [0.3, 0.4) is 0 Å². The van der Waals surface area contributed by atoms with Crippen molar-refractivity contribution in [2.45, 2.75) is 0 Å². The summed E-state index contributed by atoms with van der Waals surface area (Å²) in [6, 6.07) is 7.66. The zero-order valence-electron chi connectivity index (χ0n) is 7.77. The summed E-state index contributed by atoms with van der Waals surface area (Å²) in [6.07, 6.45) is 0. The molecule has 0 saturated heterocycles. The Morgan fingerprint density at radius 3 is 2.00 bits per heavy atom. The maximum Gasteiger partial charge on any atom is 0.335 e. The van der Waals surface area contributed by atoms with Crippen LogP contribution in [0.4, 0.5) is 0 Å². The topological polar surface area (TPSA) is 137 Å². The molecule has 0 radical (unpaired) electrons. The van der Waals surface area contributed by atoms with E-state index in [0.717, 1.165) is 0 Å². The van der Waals surface area contributed by atoms with Gasteiger partial charge >= 0.3 is 5.97 Å². The second kappa shape index (κ2) is 5.99. The SMILES string of the molecule is N#Cc1ccc(C(=O)O)cc1.N=C(N)N. The molecule has 15 heavy (non-hydrogen) atoms.